The second-order valence-electron chi connectivity index (χ2n) is 11.7. The number of sulfonamides is 1. The largest absolute Gasteiger partial charge is 0.490 e. The van der Waals surface area contributed by atoms with Crippen LogP contribution in [0.2, 0.25) is 0 Å². The highest BCUT2D eigenvalue weighted by molar-refractivity contribution is 7.90. The highest BCUT2D eigenvalue weighted by Gasteiger charge is 2.25. The summed E-state index contributed by atoms with van der Waals surface area (Å²) in [5, 5.41) is 20.1. The maximum Gasteiger partial charge on any atom is 0.407 e. The van der Waals surface area contributed by atoms with Crippen LogP contribution >= 0.6 is 0 Å². The minimum atomic E-state index is -3.79. The molecule has 3 N–H and O–H groups in total. The molecule has 236 valence electrons. The lowest BCUT2D eigenvalue weighted by Crippen LogP contribution is -2.35. The quantitative estimate of drug-likeness (QED) is 0.212. The molecule has 0 spiro atoms. The molecule has 10 heteroatoms. The van der Waals surface area contributed by atoms with E-state index >= 15 is 0 Å². The van der Waals surface area contributed by atoms with Gasteiger partial charge in [-0.25, -0.2) is 17.9 Å². The van der Waals surface area contributed by atoms with Gasteiger partial charge in [0.25, 0.3) is 5.91 Å². The zero-order valence-electron chi connectivity index (χ0n) is 25.3. The minimum Gasteiger partial charge on any atom is -0.490 e. The van der Waals surface area contributed by atoms with Crippen LogP contribution < -0.4 is 9.46 Å². The minimum absolute atomic E-state index is 0.0299. The van der Waals surface area contributed by atoms with Crippen LogP contribution in [-0.4, -0.2) is 60.5 Å². The molecule has 0 unspecified atom stereocenters. The van der Waals surface area contributed by atoms with E-state index in [0.29, 0.717) is 17.7 Å². The van der Waals surface area contributed by atoms with Gasteiger partial charge in [-0.2, -0.15) is 0 Å². The first-order valence-electron chi connectivity index (χ1n) is 15.2. The molecule has 0 aliphatic heterocycles. The Morgan fingerprint density at radius 2 is 1.61 bits per heavy atom. The van der Waals surface area contributed by atoms with Gasteiger partial charge >= 0.3 is 6.09 Å². The monoisotopic (exact) mass is 622 g/mol. The summed E-state index contributed by atoms with van der Waals surface area (Å²) >= 11 is 0. The van der Waals surface area contributed by atoms with E-state index in [0.717, 1.165) is 48.8 Å². The van der Waals surface area contributed by atoms with Crippen molar-refractivity contribution in [3.05, 3.63) is 89.5 Å². The molecule has 1 aliphatic rings. The summed E-state index contributed by atoms with van der Waals surface area (Å²) < 4.78 is 33.7. The van der Waals surface area contributed by atoms with Crippen molar-refractivity contribution in [2.45, 2.75) is 64.6 Å². The van der Waals surface area contributed by atoms with Crippen LogP contribution in [0.25, 0.3) is 11.1 Å². The number of carboxylic acid groups (broad SMARTS) is 1. The molecule has 0 bridgehead atoms. The lowest BCUT2D eigenvalue weighted by molar-refractivity contribution is 0.0970. The van der Waals surface area contributed by atoms with Crippen molar-refractivity contribution < 1.29 is 33.0 Å². The summed E-state index contributed by atoms with van der Waals surface area (Å²) in [5.41, 5.74) is 3.37. The van der Waals surface area contributed by atoms with Crippen molar-refractivity contribution in [3.63, 3.8) is 0 Å². The Bertz CT molecular complexity index is 1500. The Morgan fingerprint density at radius 1 is 0.955 bits per heavy atom. The van der Waals surface area contributed by atoms with Gasteiger partial charge in [0.2, 0.25) is 10.0 Å². The summed E-state index contributed by atoms with van der Waals surface area (Å²) in [5.74, 6) is -0.403. The number of carbonyl (C=O) groups excluding carboxylic acids is 1. The molecule has 9 nitrogen and oxygen atoms in total. The molecule has 1 saturated carbocycles. The molecule has 0 radical (unpaired) electrons. The second-order valence-corrected chi connectivity index (χ2v) is 13.5. The second kappa shape index (κ2) is 15.2. The number of nitrogens with zero attached hydrogens (tertiary/aromatic N) is 1. The standard InChI is InChI=1S/C34H42N2O7S/c1-24(2)43-32-21-29(17-18-30(32)33(38)35-44(41,42)23-26-9-5-3-6-10-26)27-15-13-25(14-16-27)19-20-36(34(39)40)22-31(37)28-11-7-4-8-12-28/h4,7-8,11-18,21,24,26,31,37H,3,5-6,9-10,19-20,22-23H2,1-2H3,(H,35,38)(H,39,40)/t31-/m1/s1. The van der Waals surface area contributed by atoms with E-state index in [9.17, 15) is 28.2 Å². The van der Waals surface area contributed by atoms with Crippen LogP contribution in [0, 0.1) is 5.92 Å². The first-order valence-corrected chi connectivity index (χ1v) is 16.8. The number of aliphatic hydroxyl groups excluding tert-OH is 1. The summed E-state index contributed by atoms with van der Waals surface area (Å²) in [6.07, 6.45) is 3.08. The van der Waals surface area contributed by atoms with Gasteiger partial charge in [0.05, 0.1) is 30.1 Å². The zero-order chi connectivity index (χ0) is 31.7. The molecular formula is C34H42N2O7S. The topological polar surface area (TPSA) is 133 Å². The van der Waals surface area contributed by atoms with Gasteiger partial charge in [0.1, 0.15) is 5.75 Å². The zero-order valence-corrected chi connectivity index (χ0v) is 26.1. The third-order valence-corrected chi connectivity index (χ3v) is 9.23. The highest BCUT2D eigenvalue weighted by Crippen LogP contribution is 2.30. The fraction of sp³-hybridized carbons (Fsp3) is 0.412. The third-order valence-electron chi connectivity index (χ3n) is 7.82. The predicted octanol–water partition coefficient (Wildman–Crippen LogP) is 6.04. The number of hydrogen-bond acceptors (Lipinski definition) is 6. The molecule has 1 fully saturated rings. The summed E-state index contributed by atoms with van der Waals surface area (Å²) in [6.45, 7) is 3.86. The number of amides is 2. The van der Waals surface area contributed by atoms with Gasteiger partial charge in [-0.05, 0) is 73.4 Å². The molecule has 3 aromatic carbocycles. The first kappa shape index (κ1) is 33.0. The Balaban J connectivity index is 1.42. The molecule has 3 aromatic rings. The number of benzene rings is 3. The number of aliphatic hydroxyl groups is 1. The van der Waals surface area contributed by atoms with Crippen molar-refractivity contribution >= 4 is 22.0 Å². The molecular weight excluding hydrogens is 580 g/mol. The van der Waals surface area contributed by atoms with Crippen molar-refractivity contribution in [1.29, 1.82) is 0 Å². The van der Waals surface area contributed by atoms with E-state index < -0.39 is 28.1 Å². The summed E-state index contributed by atoms with van der Waals surface area (Å²) in [6, 6.07) is 21.7. The van der Waals surface area contributed by atoms with Crippen LogP contribution in [0.15, 0.2) is 72.8 Å². The third kappa shape index (κ3) is 9.56. The van der Waals surface area contributed by atoms with Crippen LogP contribution in [0.5, 0.6) is 5.75 Å². The highest BCUT2D eigenvalue weighted by atomic mass is 32.2. The molecule has 4 rings (SSSR count). The molecule has 2 amide bonds. The fourth-order valence-corrected chi connectivity index (χ4v) is 6.95. The number of hydrogen-bond donors (Lipinski definition) is 3. The van der Waals surface area contributed by atoms with Crippen LogP contribution in [0.1, 0.15) is 73.5 Å². The van der Waals surface area contributed by atoms with Crippen molar-refractivity contribution in [2.24, 2.45) is 5.92 Å². The Hall–Kier alpha value is -3.89. The van der Waals surface area contributed by atoms with E-state index in [1.165, 1.54) is 4.90 Å². The van der Waals surface area contributed by atoms with Gasteiger partial charge in [-0.3, -0.25) is 4.79 Å². The lowest BCUT2D eigenvalue weighted by atomic mass is 9.91. The van der Waals surface area contributed by atoms with Gasteiger partial charge < -0.3 is 19.8 Å². The summed E-state index contributed by atoms with van der Waals surface area (Å²) in [4.78, 5) is 26.1. The predicted molar refractivity (Wildman–Crippen MR) is 170 cm³/mol. The van der Waals surface area contributed by atoms with E-state index in [4.69, 9.17) is 4.74 Å². The molecule has 0 heterocycles. The van der Waals surface area contributed by atoms with Crippen LogP contribution in [0.3, 0.4) is 0 Å². The normalized spacial score (nSPS) is 14.6. The molecule has 0 aromatic heterocycles. The van der Waals surface area contributed by atoms with Gasteiger partial charge in [-0.1, -0.05) is 79.9 Å². The SMILES string of the molecule is CC(C)Oc1cc(-c2ccc(CCN(C[C@@H](O)c3ccccc3)C(=O)O)cc2)ccc1C(=O)NS(=O)(=O)CC1CCCCC1. The Morgan fingerprint density at radius 3 is 2.25 bits per heavy atom. The van der Waals surface area contributed by atoms with Crippen LogP contribution in [0.4, 0.5) is 4.79 Å². The lowest BCUT2D eigenvalue weighted by Gasteiger charge is -2.22. The van der Waals surface area contributed by atoms with Crippen molar-refractivity contribution in [1.82, 2.24) is 9.62 Å². The average Bonchev–Trinajstić information content (AvgIpc) is 2.99. The van der Waals surface area contributed by atoms with Gasteiger partial charge in [-0.15, -0.1) is 0 Å². The number of carbonyl (C=O) groups is 2. The van der Waals surface area contributed by atoms with Crippen LogP contribution in [-0.2, 0) is 16.4 Å². The molecule has 1 aliphatic carbocycles. The van der Waals surface area contributed by atoms with E-state index in [1.54, 1.807) is 42.5 Å². The number of rotatable bonds is 13. The first-order chi connectivity index (χ1) is 21.0. The molecule has 44 heavy (non-hydrogen) atoms. The van der Waals surface area contributed by atoms with Gasteiger partial charge in [0, 0.05) is 6.54 Å². The molecule has 0 saturated heterocycles. The maximum absolute atomic E-state index is 13.1. The van der Waals surface area contributed by atoms with Gasteiger partial charge in [0.15, 0.2) is 0 Å². The van der Waals surface area contributed by atoms with Crippen molar-refractivity contribution in [3.8, 4) is 16.9 Å². The fourth-order valence-electron chi connectivity index (χ4n) is 5.53. The smallest absolute Gasteiger partial charge is 0.407 e. The van der Waals surface area contributed by atoms with Crippen molar-refractivity contribution in [2.75, 3.05) is 18.8 Å². The molecule has 1 atom stereocenters. The summed E-state index contributed by atoms with van der Waals surface area (Å²) in [7, 11) is -3.79. The Kier molecular flexibility index (Phi) is 11.4. The average molecular weight is 623 g/mol. The van der Waals surface area contributed by atoms with E-state index in [2.05, 4.69) is 4.72 Å². The maximum atomic E-state index is 13.1. The van der Waals surface area contributed by atoms with E-state index in [1.807, 2.05) is 44.2 Å². The van der Waals surface area contributed by atoms with E-state index in [-0.39, 0.29) is 36.4 Å². The number of ether oxygens (including phenoxy) is 1. The number of nitrogens with one attached hydrogen (secondary N) is 1. The Labute approximate surface area is 259 Å².